The summed E-state index contributed by atoms with van der Waals surface area (Å²) >= 11 is 0. The second-order valence-electron chi connectivity index (χ2n) is 15.0. The Morgan fingerprint density at radius 1 is 0.280 bits per heavy atom. The van der Waals surface area contributed by atoms with Crippen molar-refractivity contribution in [2.24, 2.45) is 0 Å². The third-order valence-corrected chi connectivity index (χ3v) is 9.97. The zero-order valence-electron chi connectivity index (χ0n) is 34.9. The van der Waals surface area contributed by atoms with Crippen LogP contribution in [0.15, 0.2) is 0 Å². The van der Waals surface area contributed by atoms with E-state index in [2.05, 4.69) is 13.8 Å². The average molecular weight is 709 g/mol. The summed E-state index contributed by atoms with van der Waals surface area (Å²) in [4.78, 5) is 20.5. The van der Waals surface area contributed by atoms with Gasteiger partial charge in [0.25, 0.3) is 0 Å². The summed E-state index contributed by atoms with van der Waals surface area (Å²) in [5.74, 6) is -1.80. The van der Waals surface area contributed by atoms with Crippen LogP contribution in [0.2, 0.25) is 0 Å². The molecule has 0 aliphatic carbocycles. The maximum atomic E-state index is 10.3. The molecule has 4 nitrogen and oxygen atoms in total. The van der Waals surface area contributed by atoms with Gasteiger partial charge in [-0.2, -0.15) is 0 Å². The molecule has 0 rings (SSSR count). The molecule has 0 aliphatic rings. The van der Waals surface area contributed by atoms with E-state index in [1.807, 2.05) is 0 Å². The number of hydrogen-bond donors (Lipinski definition) is 0. The first-order chi connectivity index (χ1) is 23.5. The van der Waals surface area contributed by atoms with Gasteiger partial charge >= 0.3 is 48.4 Å². The fourth-order valence-electron chi connectivity index (χ4n) is 6.70. The molecule has 0 N–H and O–H groups in total. The van der Waals surface area contributed by atoms with E-state index in [4.69, 9.17) is 0 Å². The molecule has 0 heterocycles. The van der Waals surface area contributed by atoms with Crippen molar-refractivity contribution in [3.63, 3.8) is 0 Å². The molecule has 0 aromatic rings. The summed E-state index contributed by atoms with van der Waals surface area (Å²) in [6.07, 6.45) is 51.5. The summed E-state index contributed by atoms with van der Waals surface area (Å²) in [5, 5.41) is 20.5. The van der Waals surface area contributed by atoms with Crippen LogP contribution in [-0.2, 0) is 9.59 Å². The minimum atomic E-state index is -0.901. The molecule has 0 atom stereocenters. The van der Waals surface area contributed by atoms with Gasteiger partial charge in [0, 0.05) is 11.9 Å². The summed E-state index contributed by atoms with van der Waals surface area (Å²) < 4.78 is 0. The SMILES string of the molecule is CCCCCCCCCCCCCCCCCCCCCC(=O)[O-].CCCCCCCCCCCCCCCCCCCCCC(=O)[O-].[Li+].[Na+]. The van der Waals surface area contributed by atoms with Crippen LogP contribution in [-0.4, -0.2) is 11.9 Å². The number of carbonyl (C=O) groups excluding carboxylic acids is 2. The van der Waals surface area contributed by atoms with E-state index in [1.165, 1.54) is 218 Å². The number of rotatable bonds is 40. The Bertz CT molecular complexity index is 567. The Hall–Kier alpha value is 0.537. The fourth-order valence-corrected chi connectivity index (χ4v) is 6.70. The van der Waals surface area contributed by atoms with Gasteiger partial charge in [-0.15, -0.1) is 0 Å². The van der Waals surface area contributed by atoms with Gasteiger partial charge in [-0.3, -0.25) is 0 Å². The standard InChI is InChI=1S/2C22H44O2.Li.Na/c2*1-2-3-4-5-6-7-8-9-10-11-12-13-14-15-16-17-18-19-20-21-22(23)24;;/h2*2-21H2,1H3,(H,23,24);;/q;;2*+1/p-2. The molecule has 288 valence electrons. The first kappa shape index (κ1) is 57.3. The van der Waals surface area contributed by atoms with Crippen LogP contribution in [0.25, 0.3) is 0 Å². The van der Waals surface area contributed by atoms with Crippen molar-refractivity contribution < 1.29 is 68.2 Å². The molecule has 0 aromatic carbocycles. The number of hydrogen-bond acceptors (Lipinski definition) is 4. The number of carbonyl (C=O) groups is 2. The Kier molecular flexibility index (Phi) is 61.7. The molecule has 0 saturated carbocycles. The minimum Gasteiger partial charge on any atom is -0.550 e. The molecule has 0 unspecified atom stereocenters. The van der Waals surface area contributed by atoms with Gasteiger partial charge in [-0.1, -0.05) is 245 Å². The molecule has 0 amide bonds. The molecular formula is C44H86LiNaO4. The smallest absolute Gasteiger partial charge is 0.550 e. The van der Waals surface area contributed by atoms with Crippen LogP contribution in [0.1, 0.15) is 271 Å². The molecule has 6 heteroatoms. The Morgan fingerprint density at radius 2 is 0.400 bits per heavy atom. The van der Waals surface area contributed by atoms with Crippen LogP contribution in [0, 0.1) is 0 Å². The van der Waals surface area contributed by atoms with E-state index in [-0.39, 0.29) is 61.3 Å². The van der Waals surface area contributed by atoms with E-state index in [1.54, 1.807) is 0 Å². The average Bonchev–Trinajstić information content (AvgIpc) is 3.07. The molecular weight excluding hydrogens is 622 g/mol. The molecule has 0 bridgehead atoms. The molecule has 50 heavy (non-hydrogen) atoms. The molecule has 0 fully saturated rings. The van der Waals surface area contributed by atoms with E-state index >= 15 is 0 Å². The van der Waals surface area contributed by atoms with E-state index in [0.717, 1.165) is 25.7 Å². The topological polar surface area (TPSA) is 80.3 Å². The Labute approximate surface area is 348 Å². The largest absolute Gasteiger partial charge is 1.00 e. The fraction of sp³-hybridized carbons (Fsp3) is 0.955. The van der Waals surface area contributed by atoms with Crippen molar-refractivity contribution in [1.82, 2.24) is 0 Å². The van der Waals surface area contributed by atoms with Gasteiger partial charge in [-0.05, 0) is 25.7 Å². The third kappa shape index (κ3) is 60.6. The molecule has 0 aromatic heterocycles. The summed E-state index contributed by atoms with van der Waals surface area (Å²) in [6.45, 7) is 4.56. The summed E-state index contributed by atoms with van der Waals surface area (Å²) in [6, 6.07) is 0. The van der Waals surface area contributed by atoms with E-state index < -0.39 is 11.9 Å². The predicted molar refractivity (Wildman–Crippen MR) is 206 cm³/mol. The van der Waals surface area contributed by atoms with Crippen molar-refractivity contribution in [3.8, 4) is 0 Å². The summed E-state index contributed by atoms with van der Waals surface area (Å²) in [5.41, 5.74) is 0. The van der Waals surface area contributed by atoms with Crippen LogP contribution in [0.5, 0.6) is 0 Å². The first-order valence-electron chi connectivity index (χ1n) is 21.9. The quantitative estimate of drug-likeness (QED) is 0.0502. The second kappa shape index (κ2) is 53.9. The van der Waals surface area contributed by atoms with Crippen molar-refractivity contribution >= 4 is 11.9 Å². The van der Waals surface area contributed by atoms with Crippen LogP contribution < -0.4 is 58.6 Å². The minimum absolute atomic E-state index is 0. The van der Waals surface area contributed by atoms with Crippen LogP contribution in [0.4, 0.5) is 0 Å². The predicted octanol–water partition coefficient (Wildman–Crippen LogP) is 7.12. The van der Waals surface area contributed by atoms with Crippen molar-refractivity contribution in [1.29, 1.82) is 0 Å². The molecule has 0 saturated heterocycles. The van der Waals surface area contributed by atoms with Crippen LogP contribution in [0.3, 0.4) is 0 Å². The van der Waals surface area contributed by atoms with Crippen molar-refractivity contribution in [2.45, 2.75) is 271 Å². The molecule has 0 aliphatic heterocycles. The van der Waals surface area contributed by atoms with E-state index in [0.29, 0.717) is 0 Å². The number of carboxylic acid groups (broad SMARTS) is 2. The van der Waals surface area contributed by atoms with Gasteiger partial charge in [0.05, 0.1) is 0 Å². The molecule has 0 spiro atoms. The van der Waals surface area contributed by atoms with E-state index in [9.17, 15) is 19.8 Å². The monoisotopic (exact) mass is 709 g/mol. The van der Waals surface area contributed by atoms with Gasteiger partial charge < -0.3 is 19.8 Å². The zero-order chi connectivity index (χ0) is 35.4. The summed E-state index contributed by atoms with van der Waals surface area (Å²) in [7, 11) is 0. The normalized spacial score (nSPS) is 10.6. The number of carboxylic acids is 2. The molecule has 0 radical (unpaired) electrons. The van der Waals surface area contributed by atoms with Crippen LogP contribution >= 0.6 is 0 Å². The Morgan fingerprint density at radius 3 is 0.520 bits per heavy atom. The Balaban J connectivity index is -0.000000407. The van der Waals surface area contributed by atoms with Crippen molar-refractivity contribution in [3.05, 3.63) is 0 Å². The van der Waals surface area contributed by atoms with Gasteiger partial charge in [0.2, 0.25) is 0 Å². The maximum Gasteiger partial charge on any atom is 1.00 e. The van der Waals surface area contributed by atoms with Crippen molar-refractivity contribution in [2.75, 3.05) is 0 Å². The number of unbranched alkanes of at least 4 members (excludes halogenated alkanes) is 36. The number of aliphatic carboxylic acids is 2. The van der Waals surface area contributed by atoms with Gasteiger partial charge in [-0.25, -0.2) is 0 Å². The second-order valence-corrected chi connectivity index (χ2v) is 15.0. The zero-order valence-corrected chi connectivity index (χ0v) is 36.9. The van der Waals surface area contributed by atoms with Gasteiger partial charge in [0.15, 0.2) is 0 Å². The van der Waals surface area contributed by atoms with Gasteiger partial charge in [0.1, 0.15) is 0 Å². The third-order valence-electron chi connectivity index (χ3n) is 9.97. The maximum absolute atomic E-state index is 10.3. The first-order valence-corrected chi connectivity index (χ1v) is 21.9.